The van der Waals surface area contributed by atoms with Crippen LogP contribution in [0.2, 0.25) is 0 Å². The molecule has 0 unspecified atom stereocenters. The number of non-ortho nitro benzene ring substituents is 1. The lowest BCUT2D eigenvalue weighted by molar-refractivity contribution is -0.384. The summed E-state index contributed by atoms with van der Waals surface area (Å²) in [5.41, 5.74) is 4.83. The number of aliphatic hydroxyl groups is 2. The maximum atomic E-state index is 10.1. The number of carbonyl (C=O) groups excluding carboxylic acids is 1. The number of nitrogens with zero attached hydrogens (tertiary/aromatic N) is 2. The molecule has 116 valence electrons. The molecular weight excluding hydrogens is 318 g/mol. The number of nitro groups is 1. The average molecular weight is 333 g/mol. The zero-order valence-electron chi connectivity index (χ0n) is 11.3. The lowest BCUT2D eigenvalue weighted by Gasteiger charge is -2.03. The molecule has 0 aliphatic rings. The summed E-state index contributed by atoms with van der Waals surface area (Å²) in [5.74, 6) is 0. The number of thiocarbonyl (C=S) groups is 2. The van der Waals surface area contributed by atoms with Crippen LogP contribution in [0.25, 0.3) is 0 Å². The summed E-state index contributed by atoms with van der Waals surface area (Å²) < 4.78 is 0. The minimum Gasteiger partial charge on any atom is -0.487 e. The van der Waals surface area contributed by atoms with Crippen LogP contribution < -0.4 is 5.73 Å². The van der Waals surface area contributed by atoms with E-state index in [0.717, 1.165) is 0 Å². The fourth-order valence-corrected chi connectivity index (χ4v) is 0.675. The Labute approximate surface area is 131 Å². The maximum Gasteiger partial charge on any atom is 0.269 e. The number of nitro benzene ring substituents is 1. The van der Waals surface area contributed by atoms with Gasteiger partial charge in [0.1, 0.15) is 6.29 Å². The summed E-state index contributed by atoms with van der Waals surface area (Å²) in [6.45, 7) is 0. The van der Waals surface area contributed by atoms with Crippen LogP contribution in [0.1, 0.15) is 10.4 Å². The third-order valence-corrected chi connectivity index (χ3v) is 1.99. The number of hydrogen-bond donors (Lipinski definition) is 3. The van der Waals surface area contributed by atoms with E-state index in [2.05, 4.69) is 30.2 Å². The lowest BCUT2D eigenvalue weighted by atomic mass is 10.2. The van der Waals surface area contributed by atoms with Crippen molar-refractivity contribution in [2.45, 2.75) is 0 Å². The van der Waals surface area contributed by atoms with Crippen LogP contribution in [0.15, 0.2) is 24.3 Å². The van der Waals surface area contributed by atoms with E-state index in [0.29, 0.717) is 11.8 Å². The van der Waals surface area contributed by atoms with Gasteiger partial charge in [-0.15, -0.1) is 0 Å². The first-order chi connectivity index (χ1) is 9.61. The van der Waals surface area contributed by atoms with Crippen molar-refractivity contribution in [3.05, 3.63) is 39.9 Å². The average Bonchev–Trinajstić information content (AvgIpc) is 2.38. The molecule has 0 aliphatic carbocycles. The monoisotopic (exact) mass is 333 g/mol. The van der Waals surface area contributed by atoms with Gasteiger partial charge in [0.05, 0.1) is 4.92 Å². The molecule has 0 heterocycles. The molecule has 0 amide bonds. The number of carbonyl (C=O) groups is 1. The summed E-state index contributed by atoms with van der Waals surface area (Å²) >= 11 is 8.17. The molecule has 4 N–H and O–H groups in total. The van der Waals surface area contributed by atoms with Gasteiger partial charge >= 0.3 is 0 Å². The summed E-state index contributed by atoms with van der Waals surface area (Å²) in [6, 6.07) is 5.41. The Balaban J connectivity index is 0. The predicted molar refractivity (Wildman–Crippen MR) is 86.8 cm³/mol. The van der Waals surface area contributed by atoms with Crippen LogP contribution in [-0.4, -0.2) is 50.8 Å². The fourth-order valence-electron chi connectivity index (χ4n) is 0.675. The molecule has 0 aromatic heterocycles. The standard InChI is InChI=1S/C7H5NO3.C3H7NOS.CH3NOS/c9-5-6-1-3-7(4-2-6)8(10)11;1-4(2)3(5)6;2-1(3)4/h1-5H;1-2H3,(H,5,6);(H3,2,3,4). The van der Waals surface area contributed by atoms with E-state index >= 15 is 0 Å². The number of aldehydes is 1. The van der Waals surface area contributed by atoms with E-state index < -0.39 is 10.1 Å². The summed E-state index contributed by atoms with van der Waals surface area (Å²) in [6.07, 6.45) is 0.643. The van der Waals surface area contributed by atoms with Crippen molar-refractivity contribution in [1.29, 1.82) is 0 Å². The second-order valence-corrected chi connectivity index (χ2v) is 4.27. The molecule has 0 bridgehead atoms. The quantitative estimate of drug-likeness (QED) is 0.319. The van der Waals surface area contributed by atoms with Gasteiger partial charge in [-0.3, -0.25) is 14.9 Å². The van der Waals surface area contributed by atoms with Crippen molar-refractivity contribution in [2.75, 3.05) is 14.1 Å². The van der Waals surface area contributed by atoms with E-state index in [1.807, 2.05) is 0 Å². The number of benzene rings is 1. The van der Waals surface area contributed by atoms with Gasteiger partial charge in [0, 0.05) is 31.8 Å². The first kappa shape index (κ1) is 21.0. The molecule has 0 saturated carbocycles. The van der Waals surface area contributed by atoms with Crippen molar-refractivity contribution in [3.63, 3.8) is 0 Å². The molecule has 1 aromatic carbocycles. The van der Waals surface area contributed by atoms with Gasteiger partial charge < -0.3 is 20.8 Å². The fraction of sp³-hybridized carbons (Fsp3) is 0.182. The molecular formula is C11H15N3O5S2. The highest BCUT2D eigenvalue weighted by atomic mass is 32.1. The largest absolute Gasteiger partial charge is 0.487 e. The zero-order valence-corrected chi connectivity index (χ0v) is 12.9. The Morgan fingerprint density at radius 1 is 1.29 bits per heavy atom. The maximum absolute atomic E-state index is 10.1. The Morgan fingerprint density at radius 2 is 1.62 bits per heavy atom. The van der Waals surface area contributed by atoms with E-state index in [1.165, 1.54) is 29.2 Å². The van der Waals surface area contributed by atoms with E-state index in [4.69, 9.17) is 10.2 Å². The van der Waals surface area contributed by atoms with Crippen molar-refractivity contribution in [3.8, 4) is 0 Å². The van der Waals surface area contributed by atoms with Crippen LogP contribution in [0.3, 0.4) is 0 Å². The number of nitrogens with two attached hydrogens (primary N) is 1. The first-order valence-corrected chi connectivity index (χ1v) is 6.01. The number of hydrogen-bond acceptors (Lipinski definition) is 5. The van der Waals surface area contributed by atoms with Crippen LogP contribution in [-0.2, 0) is 0 Å². The predicted octanol–water partition coefficient (Wildman–Crippen LogP) is 1.59. The third kappa shape index (κ3) is 13.9. The lowest BCUT2D eigenvalue weighted by Crippen LogP contribution is -2.17. The summed E-state index contributed by atoms with van der Waals surface area (Å²) in [4.78, 5) is 21.2. The molecule has 0 atom stereocenters. The molecule has 0 spiro atoms. The number of rotatable bonds is 2. The van der Waals surface area contributed by atoms with E-state index in [-0.39, 0.29) is 10.9 Å². The summed E-state index contributed by atoms with van der Waals surface area (Å²) in [5, 5.41) is 25.4. The molecule has 0 fully saturated rings. The highest BCUT2D eigenvalue weighted by Crippen LogP contribution is 2.09. The van der Waals surface area contributed by atoms with Gasteiger partial charge in [-0.25, -0.2) is 0 Å². The second-order valence-electron chi connectivity index (χ2n) is 3.48. The molecule has 8 nitrogen and oxygen atoms in total. The van der Waals surface area contributed by atoms with Gasteiger partial charge in [-0.2, -0.15) is 0 Å². The Kier molecular flexibility index (Phi) is 11.5. The molecule has 10 heteroatoms. The normalized spacial score (nSPS) is 8.10. The van der Waals surface area contributed by atoms with E-state index in [1.54, 1.807) is 14.1 Å². The van der Waals surface area contributed by atoms with Crippen LogP contribution >= 0.6 is 24.4 Å². The first-order valence-electron chi connectivity index (χ1n) is 5.20. The van der Waals surface area contributed by atoms with Crippen molar-refractivity contribution in [2.24, 2.45) is 5.73 Å². The van der Waals surface area contributed by atoms with Gasteiger partial charge in [-0.05, 0) is 36.6 Å². The molecule has 21 heavy (non-hydrogen) atoms. The van der Waals surface area contributed by atoms with Crippen molar-refractivity contribution in [1.82, 2.24) is 4.90 Å². The minimum absolute atomic E-state index is 0.00407. The second kappa shape index (κ2) is 11.5. The molecule has 0 saturated heterocycles. The highest BCUT2D eigenvalue weighted by molar-refractivity contribution is 7.80. The molecule has 0 aliphatic heterocycles. The SMILES string of the molecule is CN(C)C(O)=S.NC(O)=S.O=Cc1ccc([N+](=O)[O-])cc1. The van der Waals surface area contributed by atoms with Gasteiger partial charge in [0.2, 0.25) is 0 Å². The van der Waals surface area contributed by atoms with Crippen molar-refractivity contribution < 1.29 is 19.9 Å². The zero-order chi connectivity index (χ0) is 17.0. The third-order valence-electron chi connectivity index (χ3n) is 1.62. The summed E-state index contributed by atoms with van der Waals surface area (Å²) in [7, 11) is 3.37. The van der Waals surface area contributed by atoms with E-state index in [9.17, 15) is 14.9 Å². The van der Waals surface area contributed by atoms with Crippen molar-refractivity contribution >= 4 is 46.8 Å². The Bertz CT molecular complexity index is 487. The van der Waals surface area contributed by atoms with Crippen LogP contribution in [0.5, 0.6) is 0 Å². The molecule has 1 aromatic rings. The van der Waals surface area contributed by atoms with Gasteiger partial charge in [0.25, 0.3) is 16.0 Å². The Morgan fingerprint density at radius 3 is 1.81 bits per heavy atom. The molecule has 0 radical (unpaired) electrons. The van der Waals surface area contributed by atoms with Crippen LogP contribution in [0.4, 0.5) is 5.69 Å². The topological polar surface area (TPSA) is 130 Å². The van der Waals surface area contributed by atoms with Crippen LogP contribution in [0, 0.1) is 10.1 Å². The van der Waals surface area contributed by atoms with Gasteiger partial charge in [0.15, 0.2) is 0 Å². The number of aliphatic hydroxyl groups excluding tert-OH is 2. The minimum atomic E-state index is -0.505. The molecule has 1 rings (SSSR count). The highest BCUT2D eigenvalue weighted by Gasteiger charge is 2.02. The smallest absolute Gasteiger partial charge is 0.269 e. The van der Waals surface area contributed by atoms with Gasteiger partial charge in [-0.1, -0.05) is 0 Å². The Hall–Kier alpha value is -2.33.